The van der Waals surface area contributed by atoms with Gasteiger partial charge in [-0.3, -0.25) is 4.90 Å². The zero-order valence-electron chi connectivity index (χ0n) is 7.66. The summed E-state index contributed by atoms with van der Waals surface area (Å²) in [6.07, 6.45) is 0.416. The van der Waals surface area contributed by atoms with Gasteiger partial charge in [-0.1, -0.05) is 0 Å². The van der Waals surface area contributed by atoms with E-state index in [4.69, 9.17) is 9.47 Å². The van der Waals surface area contributed by atoms with Gasteiger partial charge in [0.05, 0.1) is 25.9 Å². The third-order valence-corrected chi connectivity index (χ3v) is 2.55. The summed E-state index contributed by atoms with van der Waals surface area (Å²) in [6.45, 7) is 8.36. The smallest absolute Gasteiger partial charge is 0.0674 e. The quantitative estimate of drug-likeness (QED) is 0.598. The zero-order valence-corrected chi connectivity index (χ0v) is 7.66. The number of hydrogen-bond donors (Lipinski definition) is 0. The molecule has 70 valence electrons. The molecule has 1 atom stereocenters. The summed E-state index contributed by atoms with van der Waals surface area (Å²) in [5, 5.41) is 0. The van der Waals surface area contributed by atoms with Crippen molar-refractivity contribution in [3.8, 4) is 0 Å². The fourth-order valence-corrected chi connectivity index (χ4v) is 1.81. The van der Waals surface area contributed by atoms with Crippen molar-refractivity contribution in [2.24, 2.45) is 5.92 Å². The van der Waals surface area contributed by atoms with Crippen molar-refractivity contribution in [1.29, 1.82) is 0 Å². The van der Waals surface area contributed by atoms with E-state index in [1.807, 2.05) is 0 Å². The highest BCUT2D eigenvalue weighted by Crippen LogP contribution is 2.13. The second-order valence-corrected chi connectivity index (χ2v) is 3.84. The Morgan fingerprint density at radius 2 is 2.25 bits per heavy atom. The summed E-state index contributed by atoms with van der Waals surface area (Å²) < 4.78 is 10.6. The number of hydrogen-bond acceptors (Lipinski definition) is 3. The SMILES string of the molecule is CC1CN(CC2COC2)CCO1. The van der Waals surface area contributed by atoms with E-state index in [2.05, 4.69) is 11.8 Å². The van der Waals surface area contributed by atoms with Crippen molar-refractivity contribution in [1.82, 2.24) is 4.90 Å². The first-order valence-corrected chi connectivity index (χ1v) is 4.76. The lowest BCUT2D eigenvalue weighted by Gasteiger charge is -2.36. The highest BCUT2D eigenvalue weighted by atomic mass is 16.5. The first kappa shape index (κ1) is 8.48. The van der Waals surface area contributed by atoms with Crippen LogP contribution in [0, 0.1) is 5.92 Å². The minimum absolute atomic E-state index is 0.416. The molecule has 0 aliphatic carbocycles. The van der Waals surface area contributed by atoms with Crippen LogP contribution in [0.2, 0.25) is 0 Å². The molecule has 0 bridgehead atoms. The largest absolute Gasteiger partial charge is 0.381 e. The number of morpholine rings is 1. The van der Waals surface area contributed by atoms with Gasteiger partial charge in [-0.05, 0) is 6.92 Å². The van der Waals surface area contributed by atoms with E-state index in [0.29, 0.717) is 6.10 Å². The highest BCUT2D eigenvalue weighted by molar-refractivity contribution is 4.74. The highest BCUT2D eigenvalue weighted by Gasteiger charge is 2.24. The lowest BCUT2D eigenvalue weighted by molar-refractivity contribution is -0.0726. The lowest BCUT2D eigenvalue weighted by atomic mass is 10.1. The molecular formula is C9H17NO2. The van der Waals surface area contributed by atoms with E-state index in [1.165, 1.54) is 6.54 Å². The maximum absolute atomic E-state index is 5.47. The van der Waals surface area contributed by atoms with Gasteiger partial charge in [0.15, 0.2) is 0 Å². The average molecular weight is 171 g/mol. The number of ether oxygens (including phenoxy) is 2. The van der Waals surface area contributed by atoms with Crippen molar-refractivity contribution < 1.29 is 9.47 Å². The first-order chi connectivity index (χ1) is 5.84. The predicted molar refractivity (Wildman–Crippen MR) is 46.2 cm³/mol. The van der Waals surface area contributed by atoms with Crippen molar-refractivity contribution >= 4 is 0 Å². The van der Waals surface area contributed by atoms with Crippen LogP contribution < -0.4 is 0 Å². The molecule has 0 aromatic heterocycles. The van der Waals surface area contributed by atoms with Crippen LogP contribution in [-0.2, 0) is 9.47 Å². The molecule has 12 heavy (non-hydrogen) atoms. The summed E-state index contributed by atoms with van der Waals surface area (Å²) >= 11 is 0. The fraction of sp³-hybridized carbons (Fsp3) is 1.00. The molecule has 3 nitrogen and oxygen atoms in total. The van der Waals surface area contributed by atoms with Crippen molar-refractivity contribution in [2.75, 3.05) is 39.5 Å². The van der Waals surface area contributed by atoms with E-state index in [0.717, 1.165) is 38.8 Å². The van der Waals surface area contributed by atoms with Gasteiger partial charge in [-0.15, -0.1) is 0 Å². The predicted octanol–water partition coefficient (Wildman–Crippen LogP) is 0.353. The van der Waals surface area contributed by atoms with Gasteiger partial charge in [-0.2, -0.15) is 0 Å². The minimum atomic E-state index is 0.416. The number of nitrogens with zero attached hydrogens (tertiary/aromatic N) is 1. The van der Waals surface area contributed by atoms with Crippen LogP contribution in [0.1, 0.15) is 6.92 Å². The van der Waals surface area contributed by atoms with Gasteiger partial charge in [0.25, 0.3) is 0 Å². The first-order valence-electron chi connectivity index (χ1n) is 4.76. The summed E-state index contributed by atoms with van der Waals surface area (Å²) in [5.41, 5.74) is 0. The lowest BCUT2D eigenvalue weighted by Crippen LogP contribution is -2.46. The topological polar surface area (TPSA) is 21.7 Å². The molecular weight excluding hydrogens is 154 g/mol. The molecule has 0 spiro atoms. The molecule has 2 fully saturated rings. The Morgan fingerprint density at radius 3 is 2.83 bits per heavy atom. The van der Waals surface area contributed by atoms with E-state index in [9.17, 15) is 0 Å². The monoisotopic (exact) mass is 171 g/mol. The summed E-state index contributed by atoms with van der Waals surface area (Å²) in [4.78, 5) is 2.49. The van der Waals surface area contributed by atoms with Crippen LogP contribution >= 0.6 is 0 Å². The van der Waals surface area contributed by atoms with Crippen molar-refractivity contribution in [3.05, 3.63) is 0 Å². The summed E-state index contributed by atoms with van der Waals surface area (Å²) in [7, 11) is 0. The maximum Gasteiger partial charge on any atom is 0.0674 e. The standard InChI is InChI=1S/C9H17NO2/c1-8-4-10(2-3-12-8)5-9-6-11-7-9/h8-9H,2-7H2,1H3. The molecule has 2 aliphatic rings. The molecule has 0 N–H and O–H groups in total. The normalized spacial score (nSPS) is 33.2. The molecule has 0 aromatic rings. The Hall–Kier alpha value is -0.120. The Kier molecular flexibility index (Phi) is 2.63. The van der Waals surface area contributed by atoms with Crippen molar-refractivity contribution in [3.63, 3.8) is 0 Å². The molecule has 2 rings (SSSR count). The Morgan fingerprint density at radius 1 is 1.42 bits per heavy atom. The molecule has 0 aromatic carbocycles. The third-order valence-electron chi connectivity index (χ3n) is 2.55. The molecule has 0 amide bonds. The molecule has 3 heteroatoms. The molecule has 2 saturated heterocycles. The third kappa shape index (κ3) is 1.97. The van der Waals surface area contributed by atoms with Crippen molar-refractivity contribution in [2.45, 2.75) is 13.0 Å². The van der Waals surface area contributed by atoms with E-state index in [-0.39, 0.29) is 0 Å². The van der Waals surface area contributed by atoms with Gasteiger partial charge < -0.3 is 9.47 Å². The number of rotatable bonds is 2. The van der Waals surface area contributed by atoms with Crippen LogP contribution in [0.15, 0.2) is 0 Å². The zero-order chi connectivity index (χ0) is 8.39. The second-order valence-electron chi connectivity index (χ2n) is 3.84. The van der Waals surface area contributed by atoms with Crippen LogP contribution in [0.25, 0.3) is 0 Å². The van der Waals surface area contributed by atoms with Gasteiger partial charge in [0.2, 0.25) is 0 Å². The van der Waals surface area contributed by atoms with Gasteiger partial charge in [0.1, 0.15) is 0 Å². The Labute approximate surface area is 73.6 Å². The molecule has 2 aliphatic heterocycles. The van der Waals surface area contributed by atoms with E-state index < -0.39 is 0 Å². The van der Waals surface area contributed by atoms with Crippen LogP contribution in [0.3, 0.4) is 0 Å². The van der Waals surface area contributed by atoms with Crippen LogP contribution in [0.4, 0.5) is 0 Å². The van der Waals surface area contributed by atoms with E-state index in [1.54, 1.807) is 0 Å². The average Bonchev–Trinajstić information content (AvgIpc) is 1.97. The molecule has 0 saturated carbocycles. The fourth-order valence-electron chi connectivity index (χ4n) is 1.81. The summed E-state index contributed by atoms with van der Waals surface area (Å²) in [6, 6.07) is 0. The van der Waals surface area contributed by atoms with Crippen LogP contribution in [0.5, 0.6) is 0 Å². The van der Waals surface area contributed by atoms with Crippen LogP contribution in [-0.4, -0.2) is 50.5 Å². The molecule has 1 unspecified atom stereocenters. The van der Waals surface area contributed by atoms with E-state index >= 15 is 0 Å². The second kappa shape index (κ2) is 3.73. The Bertz CT molecular complexity index is 147. The minimum Gasteiger partial charge on any atom is -0.381 e. The molecule has 0 radical (unpaired) electrons. The van der Waals surface area contributed by atoms with Gasteiger partial charge in [0, 0.05) is 25.6 Å². The van der Waals surface area contributed by atoms with Gasteiger partial charge >= 0.3 is 0 Å². The van der Waals surface area contributed by atoms with Gasteiger partial charge in [-0.25, -0.2) is 0 Å². The summed E-state index contributed by atoms with van der Waals surface area (Å²) in [5.74, 6) is 0.787. The maximum atomic E-state index is 5.47. The molecule has 2 heterocycles. The Balaban J connectivity index is 1.71.